The fourth-order valence-corrected chi connectivity index (χ4v) is 2.36. The largest absolute Gasteiger partial charge is 0.453 e. The summed E-state index contributed by atoms with van der Waals surface area (Å²) in [4.78, 5) is 36.0. The van der Waals surface area contributed by atoms with Gasteiger partial charge in [0.15, 0.2) is 11.9 Å². The Balaban J connectivity index is 1.82. The lowest BCUT2D eigenvalue weighted by atomic mass is 10.1. The standard InChI is InChI=1S/C19H22FN3O4/c1-12(2)23-17(10-11-21-23)22-19(26)13(3)27-18(25)9-8-16(24)14-4-6-15(20)7-5-14/h4-7,10-13H,8-9H2,1-3H3,(H,22,26)/t13-/m1/s1. The highest BCUT2D eigenvalue weighted by atomic mass is 19.1. The van der Waals surface area contributed by atoms with Crippen molar-refractivity contribution in [3.05, 3.63) is 47.9 Å². The van der Waals surface area contributed by atoms with Gasteiger partial charge in [-0.1, -0.05) is 0 Å². The van der Waals surface area contributed by atoms with Gasteiger partial charge in [-0.3, -0.25) is 14.4 Å². The van der Waals surface area contributed by atoms with Crippen molar-refractivity contribution in [2.75, 3.05) is 5.32 Å². The van der Waals surface area contributed by atoms with Gasteiger partial charge >= 0.3 is 5.97 Å². The minimum Gasteiger partial charge on any atom is -0.453 e. The number of amides is 1. The predicted octanol–water partition coefficient (Wildman–Crippen LogP) is 3.14. The van der Waals surface area contributed by atoms with Gasteiger partial charge in [-0.15, -0.1) is 0 Å². The maximum Gasteiger partial charge on any atom is 0.307 e. The molecule has 0 aliphatic rings. The van der Waals surface area contributed by atoms with Crippen molar-refractivity contribution >= 4 is 23.5 Å². The van der Waals surface area contributed by atoms with Gasteiger partial charge in [0.05, 0.1) is 12.6 Å². The molecule has 1 heterocycles. The average molecular weight is 375 g/mol. The molecule has 0 bridgehead atoms. The summed E-state index contributed by atoms with van der Waals surface area (Å²) in [6.45, 7) is 5.29. The summed E-state index contributed by atoms with van der Waals surface area (Å²) >= 11 is 0. The van der Waals surface area contributed by atoms with E-state index < -0.39 is 23.8 Å². The molecule has 0 radical (unpaired) electrons. The molecular weight excluding hydrogens is 353 g/mol. The molecule has 1 aromatic heterocycles. The van der Waals surface area contributed by atoms with Crippen LogP contribution >= 0.6 is 0 Å². The Hall–Kier alpha value is -3.03. The van der Waals surface area contributed by atoms with Crippen LogP contribution in [-0.4, -0.2) is 33.5 Å². The summed E-state index contributed by atoms with van der Waals surface area (Å²) in [6.07, 6.45) is 0.290. The Bertz CT molecular complexity index is 815. The van der Waals surface area contributed by atoms with Gasteiger partial charge in [-0.25, -0.2) is 9.07 Å². The van der Waals surface area contributed by atoms with Crippen LogP contribution in [0, 0.1) is 5.82 Å². The lowest BCUT2D eigenvalue weighted by Crippen LogP contribution is -2.31. The normalized spacial score (nSPS) is 11.9. The Morgan fingerprint density at radius 1 is 1.11 bits per heavy atom. The van der Waals surface area contributed by atoms with Gasteiger partial charge in [-0.2, -0.15) is 5.10 Å². The summed E-state index contributed by atoms with van der Waals surface area (Å²) in [5.74, 6) is -1.39. The number of carbonyl (C=O) groups is 3. The van der Waals surface area contributed by atoms with Gasteiger partial charge in [0.2, 0.25) is 0 Å². The van der Waals surface area contributed by atoms with Crippen LogP contribution < -0.4 is 5.32 Å². The van der Waals surface area contributed by atoms with Crippen LogP contribution in [0.2, 0.25) is 0 Å². The molecule has 27 heavy (non-hydrogen) atoms. The summed E-state index contributed by atoms with van der Waals surface area (Å²) in [6, 6.07) is 6.78. The van der Waals surface area contributed by atoms with Crippen molar-refractivity contribution in [2.24, 2.45) is 0 Å². The number of Topliss-reactive ketones (excluding diaryl/α,β-unsaturated/α-hetero) is 1. The number of esters is 1. The number of benzene rings is 1. The molecule has 1 N–H and O–H groups in total. The van der Waals surface area contributed by atoms with Crippen LogP contribution in [0.25, 0.3) is 0 Å². The molecule has 0 fully saturated rings. The molecule has 1 aromatic carbocycles. The zero-order valence-electron chi connectivity index (χ0n) is 15.4. The first-order chi connectivity index (χ1) is 12.8. The summed E-state index contributed by atoms with van der Waals surface area (Å²) in [5, 5.41) is 6.76. The van der Waals surface area contributed by atoms with E-state index in [9.17, 15) is 18.8 Å². The van der Waals surface area contributed by atoms with Gasteiger partial charge in [0, 0.05) is 24.1 Å². The highest BCUT2D eigenvalue weighted by molar-refractivity contribution is 5.98. The van der Waals surface area contributed by atoms with Crippen molar-refractivity contribution in [1.29, 1.82) is 0 Å². The van der Waals surface area contributed by atoms with E-state index in [1.807, 2.05) is 13.8 Å². The van der Waals surface area contributed by atoms with Crippen molar-refractivity contribution in [3.8, 4) is 0 Å². The number of carbonyl (C=O) groups excluding carboxylic acids is 3. The zero-order valence-corrected chi connectivity index (χ0v) is 15.4. The number of ether oxygens (including phenoxy) is 1. The number of ketones is 1. The molecule has 0 aliphatic carbocycles. The molecule has 144 valence electrons. The molecule has 7 nitrogen and oxygen atoms in total. The number of nitrogens with zero attached hydrogens (tertiary/aromatic N) is 2. The van der Waals surface area contributed by atoms with E-state index in [2.05, 4.69) is 10.4 Å². The first kappa shape index (κ1) is 20.3. The number of nitrogens with one attached hydrogen (secondary N) is 1. The molecule has 1 atom stereocenters. The zero-order chi connectivity index (χ0) is 20.0. The summed E-state index contributed by atoms with van der Waals surface area (Å²) in [7, 11) is 0. The van der Waals surface area contributed by atoms with Crippen molar-refractivity contribution in [2.45, 2.75) is 45.8 Å². The highest BCUT2D eigenvalue weighted by Gasteiger charge is 2.20. The molecule has 0 saturated carbocycles. The summed E-state index contributed by atoms with van der Waals surface area (Å²) in [5.41, 5.74) is 0.317. The van der Waals surface area contributed by atoms with Gasteiger partial charge in [0.1, 0.15) is 11.6 Å². The number of rotatable bonds is 8. The molecule has 0 saturated heterocycles. The Morgan fingerprint density at radius 3 is 2.41 bits per heavy atom. The predicted molar refractivity (Wildman–Crippen MR) is 96.8 cm³/mol. The third kappa shape index (κ3) is 5.73. The van der Waals surface area contributed by atoms with E-state index in [1.165, 1.54) is 31.2 Å². The second-order valence-corrected chi connectivity index (χ2v) is 6.31. The first-order valence-electron chi connectivity index (χ1n) is 8.60. The minimum atomic E-state index is -1.02. The summed E-state index contributed by atoms with van der Waals surface area (Å²) < 4.78 is 19.6. The SMILES string of the molecule is CC(C)n1nccc1NC(=O)[C@@H](C)OC(=O)CCC(=O)c1ccc(F)cc1. The lowest BCUT2D eigenvalue weighted by Gasteiger charge is -2.15. The third-order valence-corrected chi connectivity index (χ3v) is 3.81. The molecule has 8 heteroatoms. The first-order valence-corrected chi connectivity index (χ1v) is 8.60. The highest BCUT2D eigenvalue weighted by Crippen LogP contribution is 2.14. The number of halogens is 1. The van der Waals surface area contributed by atoms with E-state index in [-0.39, 0.29) is 24.7 Å². The Labute approximate surface area is 156 Å². The average Bonchev–Trinajstić information content (AvgIpc) is 3.08. The van der Waals surface area contributed by atoms with E-state index in [0.717, 1.165) is 0 Å². The van der Waals surface area contributed by atoms with E-state index in [1.54, 1.807) is 16.9 Å². The topological polar surface area (TPSA) is 90.3 Å². The molecule has 0 aliphatic heterocycles. The quantitative estimate of drug-likeness (QED) is 0.565. The van der Waals surface area contributed by atoms with Crippen molar-refractivity contribution in [3.63, 3.8) is 0 Å². The van der Waals surface area contributed by atoms with E-state index in [0.29, 0.717) is 11.4 Å². The smallest absolute Gasteiger partial charge is 0.307 e. The number of anilines is 1. The number of hydrogen-bond donors (Lipinski definition) is 1. The lowest BCUT2D eigenvalue weighted by molar-refractivity contribution is -0.153. The maximum atomic E-state index is 12.9. The maximum absolute atomic E-state index is 12.9. The molecule has 2 aromatic rings. The van der Waals surface area contributed by atoms with Gasteiger partial charge < -0.3 is 10.1 Å². The van der Waals surface area contributed by atoms with Crippen LogP contribution in [0.3, 0.4) is 0 Å². The van der Waals surface area contributed by atoms with Gasteiger partial charge in [0.25, 0.3) is 5.91 Å². The fourth-order valence-electron chi connectivity index (χ4n) is 2.36. The molecule has 1 amide bonds. The molecule has 0 spiro atoms. The van der Waals surface area contributed by atoms with Crippen LogP contribution in [0.4, 0.5) is 10.2 Å². The molecular formula is C19H22FN3O4. The van der Waals surface area contributed by atoms with Crippen LogP contribution in [-0.2, 0) is 14.3 Å². The Morgan fingerprint density at radius 2 is 1.78 bits per heavy atom. The van der Waals surface area contributed by atoms with Crippen molar-refractivity contribution < 1.29 is 23.5 Å². The second-order valence-electron chi connectivity index (χ2n) is 6.31. The van der Waals surface area contributed by atoms with Crippen molar-refractivity contribution in [1.82, 2.24) is 9.78 Å². The second kappa shape index (κ2) is 9.07. The number of hydrogen-bond acceptors (Lipinski definition) is 5. The van der Waals surface area contributed by atoms with Crippen LogP contribution in [0.1, 0.15) is 50.0 Å². The fraction of sp³-hybridized carbons (Fsp3) is 0.368. The van der Waals surface area contributed by atoms with E-state index in [4.69, 9.17) is 4.74 Å². The number of aromatic nitrogens is 2. The van der Waals surface area contributed by atoms with E-state index >= 15 is 0 Å². The van der Waals surface area contributed by atoms with Crippen LogP contribution in [0.5, 0.6) is 0 Å². The monoisotopic (exact) mass is 375 g/mol. The minimum absolute atomic E-state index is 0.0608. The third-order valence-electron chi connectivity index (χ3n) is 3.81. The molecule has 2 rings (SSSR count). The Kier molecular flexibility index (Phi) is 6.81. The van der Waals surface area contributed by atoms with Crippen LogP contribution in [0.15, 0.2) is 36.5 Å². The molecule has 0 unspecified atom stereocenters. The van der Waals surface area contributed by atoms with Gasteiger partial charge in [-0.05, 0) is 45.0 Å².